The molecule has 0 saturated carbocycles. The van der Waals surface area contributed by atoms with Crippen LogP contribution in [0.25, 0.3) is 0 Å². The molecule has 1 aromatic carbocycles. The van der Waals surface area contributed by atoms with E-state index in [4.69, 9.17) is 4.74 Å². The Bertz CT molecular complexity index is 685. The molecule has 1 N–H and O–H groups in total. The van der Waals surface area contributed by atoms with Crippen molar-refractivity contribution in [2.45, 2.75) is 11.8 Å². The van der Waals surface area contributed by atoms with Gasteiger partial charge in [-0.25, -0.2) is 8.42 Å². The molecular weight excluding hydrogens is 324 g/mol. The fourth-order valence-corrected chi connectivity index (χ4v) is 2.58. The number of likely N-dealkylation sites (N-methyl/N-ethyl adjacent to an activating group) is 1. The Morgan fingerprint density at radius 2 is 1.91 bits per heavy atom. The van der Waals surface area contributed by atoms with Crippen LogP contribution in [0.1, 0.15) is 5.56 Å². The molecule has 8 nitrogen and oxygen atoms in total. The van der Waals surface area contributed by atoms with Crippen LogP contribution in [0.15, 0.2) is 23.1 Å². The van der Waals surface area contributed by atoms with Gasteiger partial charge in [-0.15, -0.1) is 0 Å². The van der Waals surface area contributed by atoms with E-state index < -0.39 is 22.5 Å². The molecule has 0 saturated heterocycles. The molecule has 128 valence electrons. The summed E-state index contributed by atoms with van der Waals surface area (Å²) in [7, 11) is 0.562. The smallest absolute Gasteiger partial charge is 0.320 e. The number of esters is 1. The number of carbonyl (C=O) groups is 2. The quantitative estimate of drug-likeness (QED) is 0.694. The van der Waals surface area contributed by atoms with Gasteiger partial charge in [0.1, 0.15) is 12.3 Å². The molecule has 0 aliphatic heterocycles. The Kier molecular flexibility index (Phi) is 6.52. The minimum atomic E-state index is -3.83. The van der Waals surface area contributed by atoms with Gasteiger partial charge in [-0.1, -0.05) is 0 Å². The van der Waals surface area contributed by atoms with E-state index in [-0.39, 0.29) is 17.4 Å². The lowest BCUT2D eigenvalue weighted by Gasteiger charge is -2.13. The molecule has 0 radical (unpaired) electrons. The number of nitrogens with zero attached hydrogens (tertiary/aromatic N) is 1. The highest BCUT2D eigenvalue weighted by atomic mass is 32.2. The van der Waals surface area contributed by atoms with Crippen LogP contribution in [-0.4, -0.2) is 59.6 Å². The maximum atomic E-state index is 12.1. The molecule has 0 atom stereocenters. The first kappa shape index (κ1) is 18.9. The number of rotatable bonds is 7. The highest BCUT2D eigenvalue weighted by Crippen LogP contribution is 2.21. The van der Waals surface area contributed by atoms with E-state index in [0.29, 0.717) is 11.3 Å². The van der Waals surface area contributed by atoms with Crippen LogP contribution in [0.4, 0.5) is 0 Å². The van der Waals surface area contributed by atoms with Crippen molar-refractivity contribution in [1.82, 2.24) is 9.62 Å². The second-order valence-electron chi connectivity index (χ2n) is 4.90. The first-order chi connectivity index (χ1) is 10.7. The molecule has 23 heavy (non-hydrogen) atoms. The number of hydrogen-bond donors (Lipinski definition) is 1. The second kappa shape index (κ2) is 7.93. The van der Waals surface area contributed by atoms with Crippen molar-refractivity contribution in [1.29, 1.82) is 0 Å². The summed E-state index contributed by atoms with van der Waals surface area (Å²) in [5.41, 5.74) is 0.553. The molecule has 9 heteroatoms. The highest BCUT2D eigenvalue weighted by Gasteiger charge is 2.17. The number of aryl methyl sites for hydroxylation is 1. The van der Waals surface area contributed by atoms with Crippen LogP contribution in [-0.2, 0) is 24.3 Å². The van der Waals surface area contributed by atoms with Crippen LogP contribution in [0, 0.1) is 6.92 Å². The largest absolute Gasteiger partial charge is 0.483 e. The predicted octanol–water partition coefficient (Wildman–Crippen LogP) is -0.0867. The zero-order valence-electron chi connectivity index (χ0n) is 13.5. The van der Waals surface area contributed by atoms with E-state index in [1.807, 2.05) is 0 Å². The third-order valence-electron chi connectivity index (χ3n) is 2.94. The summed E-state index contributed by atoms with van der Waals surface area (Å²) >= 11 is 0. The topological polar surface area (TPSA) is 102 Å². The monoisotopic (exact) mass is 344 g/mol. The summed E-state index contributed by atoms with van der Waals surface area (Å²) in [5, 5.41) is 0. The molecule has 0 unspecified atom stereocenters. The van der Waals surface area contributed by atoms with Gasteiger partial charge < -0.3 is 14.4 Å². The van der Waals surface area contributed by atoms with Crippen LogP contribution in [0.3, 0.4) is 0 Å². The number of methoxy groups -OCH3 is 1. The third kappa shape index (κ3) is 5.53. The molecule has 0 aliphatic carbocycles. The first-order valence-corrected chi connectivity index (χ1v) is 8.15. The summed E-state index contributed by atoms with van der Waals surface area (Å²) in [5.74, 6) is -0.486. The molecule has 0 bridgehead atoms. The summed E-state index contributed by atoms with van der Waals surface area (Å²) < 4.78 is 36.0. The maximum Gasteiger partial charge on any atom is 0.320 e. The number of carbonyl (C=O) groups excluding carboxylic acids is 2. The number of benzene rings is 1. The Hall–Kier alpha value is -2.13. The Morgan fingerprint density at radius 1 is 1.26 bits per heavy atom. The molecule has 0 fully saturated rings. The third-order valence-corrected chi connectivity index (χ3v) is 4.34. The summed E-state index contributed by atoms with van der Waals surface area (Å²) in [6.45, 7) is 1.07. The van der Waals surface area contributed by atoms with Crippen molar-refractivity contribution in [2.24, 2.45) is 0 Å². The minimum Gasteiger partial charge on any atom is -0.483 e. The van der Waals surface area contributed by atoms with Gasteiger partial charge in [-0.05, 0) is 30.7 Å². The van der Waals surface area contributed by atoms with Gasteiger partial charge in [0.2, 0.25) is 10.0 Å². The van der Waals surface area contributed by atoms with Crippen molar-refractivity contribution in [3.8, 4) is 5.75 Å². The van der Waals surface area contributed by atoms with E-state index in [1.54, 1.807) is 21.0 Å². The number of ether oxygens (including phenoxy) is 2. The minimum absolute atomic E-state index is 0.00908. The average molecular weight is 344 g/mol. The van der Waals surface area contributed by atoms with Crippen molar-refractivity contribution in [2.75, 3.05) is 34.4 Å². The molecule has 0 aliphatic rings. The lowest BCUT2D eigenvalue weighted by molar-refractivity contribution is -0.139. The zero-order valence-corrected chi connectivity index (χ0v) is 14.3. The lowest BCUT2D eigenvalue weighted by Crippen LogP contribution is -2.30. The summed E-state index contributed by atoms with van der Waals surface area (Å²) in [6, 6.07) is 4.20. The molecule has 1 aromatic rings. The number of hydrogen-bond acceptors (Lipinski definition) is 6. The van der Waals surface area contributed by atoms with Crippen molar-refractivity contribution < 1.29 is 27.5 Å². The average Bonchev–Trinajstić information content (AvgIpc) is 2.50. The van der Waals surface area contributed by atoms with Gasteiger partial charge in [-0.3, -0.25) is 9.59 Å². The molecule has 0 aromatic heterocycles. The normalized spacial score (nSPS) is 11.0. The standard InChI is InChI=1S/C14H20N2O6S/c1-10-7-11(23(19,20)15-8-14(18)21-4)5-6-12(10)22-9-13(17)16(2)3/h5-7,15H,8-9H2,1-4H3. The van der Waals surface area contributed by atoms with E-state index in [9.17, 15) is 18.0 Å². The van der Waals surface area contributed by atoms with Gasteiger partial charge in [-0.2, -0.15) is 4.72 Å². The maximum absolute atomic E-state index is 12.1. The van der Waals surface area contributed by atoms with E-state index >= 15 is 0 Å². The van der Waals surface area contributed by atoms with Crippen LogP contribution in [0.2, 0.25) is 0 Å². The molecular formula is C14H20N2O6S. The highest BCUT2D eigenvalue weighted by molar-refractivity contribution is 7.89. The van der Waals surface area contributed by atoms with Gasteiger partial charge in [0.05, 0.1) is 12.0 Å². The molecule has 0 spiro atoms. The second-order valence-corrected chi connectivity index (χ2v) is 6.67. The molecule has 1 rings (SSSR count). The van der Waals surface area contributed by atoms with Gasteiger partial charge in [0, 0.05) is 14.1 Å². The fraction of sp³-hybridized carbons (Fsp3) is 0.429. The summed E-state index contributed by atoms with van der Waals surface area (Å²) in [4.78, 5) is 23.9. The Morgan fingerprint density at radius 3 is 2.43 bits per heavy atom. The zero-order chi connectivity index (χ0) is 17.6. The Balaban J connectivity index is 2.82. The predicted molar refractivity (Wildman–Crippen MR) is 82.6 cm³/mol. The van der Waals surface area contributed by atoms with Gasteiger partial charge >= 0.3 is 5.97 Å². The van der Waals surface area contributed by atoms with Crippen LogP contribution in [0.5, 0.6) is 5.75 Å². The fourth-order valence-electron chi connectivity index (χ4n) is 1.53. The van der Waals surface area contributed by atoms with E-state index in [2.05, 4.69) is 9.46 Å². The molecule has 0 heterocycles. The molecule has 1 amide bonds. The van der Waals surface area contributed by atoms with Crippen LogP contribution < -0.4 is 9.46 Å². The first-order valence-electron chi connectivity index (χ1n) is 6.67. The lowest BCUT2D eigenvalue weighted by atomic mass is 10.2. The Labute approximate surface area is 135 Å². The number of amides is 1. The van der Waals surface area contributed by atoms with E-state index in [1.165, 1.54) is 30.2 Å². The SMILES string of the molecule is COC(=O)CNS(=O)(=O)c1ccc(OCC(=O)N(C)C)c(C)c1. The van der Waals surface area contributed by atoms with Crippen molar-refractivity contribution in [3.63, 3.8) is 0 Å². The van der Waals surface area contributed by atoms with Crippen molar-refractivity contribution in [3.05, 3.63) is 23.8 Å². The van der Waals surface area contributed by atoms with Gasteiger partial charge in [0.15, 0.2) is 6.61 Å². The van der Waals surface area contributed by atoms with Crippen molar-refractivity contribution >= 4 is 21.9 Å². The van der Waals surface area contributed by atoms with E-state index in [0.717, 1.165) is 0 Å². The summed E-state index contributed by atoms with van der Waals surface area (Å²) in [6.07, 6.45) is 0. The van der Waals surface area contributed by atoms with Crippen LogP contribution >= 0.6 is 0 Å². The van der Waals surface area contributed by atoms with Gasteiger partial charge in [0.25, 0.3) is 5.91 Å². The number of sulfonamides is 1. The number of nitrogens with one attached hydrogen (secondary N) is 1.